The Balaban J connectivity index is 2.87. The second kappa shape index (κ2) is 6.26. The summed E-state index contributed by atoms with van der Waals surface area (Å²) in [7, 11) is 1.61. The number of aliphatic carboxylic acids is 1. The van der Waals surface area contributed by atoms with Crippen LogP contribution in [-0.4, -0.2) is 29.6 Å². The predicted octanol–water partition coefficient (Wildman–Crippen LogP) is 2.45. The highest BCUT2D eigenvalue weighted by atomic mass is 16.5. The average Bonchev–Trinajstić information content (AvgIpc) is 2.39. The van der Waals surface area contributed by atoms with Gasteiger partial charge in [0.05, 0.1) is 17.6 Å². The molecule has 1 amide bonds. The molecule has 5 nitrogen and oxygen atoms in total. The number of nitrogens with one attached hydrogen (secondary N) is 1. The van der Waals surface area contributed by atoms with Gasteiger partial charge in [-0.25, -0.2) is 0 Å². The highest BCUT2D eigenvalue weighted by Crippen LogP contribution is 2.31. The monoisotopic (exact) mass is 293 g/mol. The lowest BCUT2D eigenvalue weighted by Gasteiger charge is -2.38. The molecule has 0 aromatic heterocycles. The van der Waals surface area contributed by atoms with Gasteiger partial charge in [0.25, 0.3) is 5.91 Å². The van der Waals surface area contributed by atoms with Crippen molar-refractivity contribution < 1.29 is 19.4 Å². The topological polar surface area (TPSA) is 75.6 Å². The molecule has 0 radical (unpaired) electrons. The van der Waals surface area contributed by atoms with Crippen molar-refractivity contribution in [2.24, 2.45) is 5.41 Å². The Labute approximate surface area is 125 Å². The van der Waals surface area contributed by atoms with Gasteiger partial charge in [-0.05, 0) is 45.4 Å². The van der Waals surface area contributed by atoms with Crippen LogP contribution in [0.4, 0.5) is 0 Å². The zero-order valence-electron chi connectivity index (χ0n) is 13.2. The van der Waals surface area contributed by atoms with Crippen LogP contribution in [0.2, 0.25) is 0 Å². The minimum absolute atomic E-state index is 0.293. The molecule has 0 saturated heterocycles. The third kappa shape index (κ3) is 3.82. The Morgan fingerprint density at radius 3 is 2.10 bits per heavy atom. The fraction of sp³-hybridized carbons (Fsp3) is 0.500. The van der Waals surface area contributed by atoms with Gasteiger partial charge in [0.1, 0.15) is 0 Å². The third-order valence-electron chi connectivity index (χ3n) is 4.05. The number of benzene rings is 1. The van der Waals surface area contributed by atoms with Crippen LogP contribution in [0.1, 0.15) is 43.6 Å². The molecule has 0 aliphatic heterocycles. The van der Waals surface area contributed by atoms with E-state index in [4.69, 9.17) is 4.74 Å². The summed E-state index contributed by atoms with van der Waals surface area (Å²) in [5.41, 5.74) is -0.511. The molecule has 0 heterocycles. The van der Waals surface area contributed by atoms with E-state index in [1.807, 2.05) is 12.1 Å². The zero-order valence-corrected chi connectivity index (χ0v) is 13.2. The van der Waals surface area contributed by atoms with E-state index in [0.717, 1.165) is 5.56 Å². The maximum Gasteiger partial charge on any atom is 0.311 e. The summed E-state index contributed by atoms with van der Waals surface area (Å²) in [4.78, 5) is 23.6. The molecular weight excluding hydrogens is 270 g/mol. The quantitative estimate of drug-likeness (QED) is 0.844. The first kappa shape index (κ1) is 17.2. The molecule has 1 aromatic carbocycles. The molecule has 0 fully saturated rings. The lowest BCUT2D eigenvalue weighted by Crippen LogP contribution is -2.56. The summed E-state index contributed by atoms with van der Waals surface area (Å²) < 4.78 is 5.01. The SMILES string of the molecule is COCc1ccc(C(=O)NC(C)(C)C(C)(C)C(=O)O)cc1. The molecule has 0 unspecified atom stereocenters. The van der Waals surface area contributed by atoms with Gasteiger partial charge in [-0.3, -0.25) is 9.59 Å². The fourth-order valence-electron chi connectivity index (χ4n) is 1.70. The molecular formula is C16H23NO4. The number of rotatable bonds is 6. The molecule has 0 atom stereocenters. The van der Waals surface area contributed by atoms with E-state index >= 15 is 0 Å². The zero-order chi connectivity index (χ0) is 16.3. The Morgan fingerprint density at radius 1 is 1.14 bits per heavy atom. The van der Waals surface area contributed by atoms with Crippen LogP contribution in [-0.2, 0) is 16.1 Å². The van der Waals surface area contributed by atoms with E-state index in [0.29, 0.717) is 12.2 Å². The van der Waals surface area contributed by atoms with Crippen LogP contribution in [0.3, 0.4) is 0 Å². The number of carboxylic acids is 1. The van der Waals surface area contributed by atoms with Crippen molar-refractivity contribution in [1.29, 1.82) is 0 Å². The highest BCUT2D eigenvalue weighted by Gasteiger charge is 2.44. The van der Waals surface area contributed by atoms with E-state index < -0.39 is 16.9 Å². The van der Waals surface area contributed by atoms with Crippen molar-refractivity contribution >= 4 is 11.9 Å². The first-order chi connectivity index (χ1) is 9.61. The van der Waals surface area contributed by atoms with Crippen LogP contribution in [0.25, 0.3) is 0 Å². The maximum absolute atomic E-state index is 12.3. The second-order valence-corrected chi connectivity index (χ2v) is 6.14. The lowest BCUT2D eigenvalue weighted by atomic mass is 9.74. The first-order valence-electron chi connectivity index (χ1n) is 6.75. The number of amides is 1. The molecule has 0 aliphatic carbocycles. The summed E-state index contributed by atoms with van der Waals surface area (Å²) in [5, 5.41) is 12.1. The van der Waals surface area contributed by atoms with Gasteiger partial charge >= 0.3 is 5.97 Å². The first-order valence-corrected chi connectivity index (χ1v) is 6.75. The molecule has 21 heavy (non-hydrogen) atoms. The van der Waals surface area contributed by atoms with Crippen molar-refractivity contribution in [1.82, 2.24) is 5.32 Å². The van der Waals surface area contributed by atoms with Crippen LogP contribution >= 0.6 is 0 Å². The molecule has 0 saturated carbocycles. The number of hydrogen-bond donors (Lipinski definition) is 2. The minimum Gasteiger partial charge on any atom is -0.481 e. The third-order valence-corrected chi connectivity index (χ3v) is 4.05. The number of carbonyl (C=O) groups excluding carboxylic acids is 1. The van der Waals surface area contributed by atoms with E-state index in [1.165, 1.54) is 0 Å². The van der Waals surface area contributed by atoms with E-state index in [9.17, 15) is 14.7 Å². The lowest BCUT2D eigenvalue weighted by molar-refractivity contribution is -0.150. The number of carbonyl (C=O) groups is 2. The summed E-state index contributed by atoms with van der Waals surface area (Å²) in [5.74, 6) is -1.25. The second-order valence-electron chi connectivity index (χ2n) is 6.14. The molecule has 0 aliphatic rings. The molecule has 116 valence electrons. The summed E-state index contributed by atoms with van der Waals surface area (Å²) in [6.07, 6.45) is 0. The van der Waals surface area contributed by atoms with Crippen molar-refractivity contribution in [3.05, 3.63) is 35.4 Å². The Bertz CT molecular complexity index is 518. The van der Waals surface area contributed by atoms with Crippen LogP contribution < -0.4 is 5.32 Å². The number of ether oxygens (including phenoxy) is 1. The molecule has 0 bridgehead atoms. The predicted molar refractivity (Wildman–Crippen MR) is 80.1 cm³/mol. The summed E-state index contributed by atoms with van der Waals surface area (Å²) >= 11 is 0. The number of methoxy groups -OCH3 is 1. The Morgan fingerprint density at radius 2 is 1.67 bits per heavy atom. The van der Waals surface area contributed by atoms with Gasteiger partial charge in [0.2, 0.25) is 0 Å². The molecule has 5 heteroatoms. The van der Waals surface area contributed by atoms with Crippen molar-refractivity contribution in [2.75, 3.05) is 7.11 Å². The molecule has 1 rings (SSSR count). The van der Waals surface area contributed by atoms with Crippen molar-refractivity contribution in [2.45, 2.75) is 39.8 Å². The summed E-state index contributed by atoms with van der Waals surface area (Å²) in [6, 6.07) is 7.03. The smallest absolute Gasteiger partial charge is 0.311 e. The fourth-order valence-corrected chi connectivity index (χ4v) is 1.70. The number of carboxylic acid groups (broad SMARTS) is 1. The Kier molecular flexibility index (Phi) is 5.12. The van der Waals surface area contributed by atoms with E-state index in [2.05, 4.69) is 5.32 Å². The van der Waals surface area contributed by atoms with Gasteiger partial charge in [-0.1, -0.05) is 12.1 Å². The average molecular weight is 293 g/mol. The van der Waals surface area contributed by atoms with Crippen LogP contribution in [0, 0.1) is 5.41 Å². The largest absolute Gasteiger partial charge is 0.481 e. The number of hydrogen-bond acceptors (Lipinski definition) is 3. The van der Waals surface area contributed by atoms with Gasteiger partial charge in [-0.15, -0.1) is 0 Å². The van der Waals surface area contributed by atoms with Crippen molar-refractivity contribution in [3.8, 4) is 0 Å². The highest BCUT2D eigenvalue weighted by molar-refractivity contribution is 5.95. The Hall–Kier alpha value is -1.88. The molecule has 1 aromatic rings. The summed E-state index contributed by atoms with van der Waals surface area (Å²) in [6.45, 7) is 7.09. The van der Waals surface area contributed by atoms with Crippen LogP contribution in [0.15, 0.2) is 24.3 Å². The van der Waals surface area contributed by atoms with Crippen molar-refractivity contribution in [3.63, 3.8) is 0 Å². The van der Waals surface area contributed by atoms with E-state index in [-0.39, 0.29) is 5.91 Å². The van der Waals surface area contributed by atoms with Crippen LogP contribution in [0.5, 0.6) is 0 Å². The van der Waals surface area contributed by atoms with E-state index in [1.54, 1.807) is 46.9 Å². The van der Waals surface area contributed by atoms with Gasteiger partial charge < -0.3 is 15.2 Å². The normalized spacial score (nSPS) is 12.0. The van der Waals surface area contributed by atoms with Gasteiger partial charge in [0.15, 0.2) is 0 Å². The van der Waals surface area contributed by atoms with Gasteiger partial charge in [0, 0.05) is 12.7 Å². The molecule has 2 N–H and O–H groups in total. The standard InChI is InChI=1S/C16H23NO4/c1-15(2,14(19)20)16(3,4)17-13(18)12-8-6-11(7-9-12)10-21-5/h6-9H,10H2,1-5H3,(H,17,18)(H,19,20). The van der Waals surface area contributed by atoms with Gasteiger partial charge in [-0.2, -0.15) is 0 Å². The maximum atomic E-state index is 12.3. The minimum atomic E-state index is -1.08. The molecule has 0 spiro atoms.